The second-order valence-electron chi connectivity index (χ2n) is 7.91. The lowest BCUT2D eigenvalue weighted by Gasteiger charge is -2.37. The van der Waals surface area contributed by atoms with E-state index in [4.69, 9.17) is 0 Å². The summed E-state index contributed by atoms with van der Waals surface area (Å²) >= 11 is 0. The number of carbonyl (C=O) groups is 1. The van der Waals surface area contributed by atoms with E-state index in [0.29, 0.717) is 25.1 Å². The van der Waals surface area contributed by atoms with Gasteiger partial charge in [0.05, 0.1) is 12.2 Å². The highest BCUT2D eigenvalue weighted by molar-refractivity contribution is 5.79. The van der Waals surface area contributed by atoms with Crippen molar-refractivity contribution in [3.8, 4) is 0 Å². The predicted octanol–water partition coefficient (Wildman–Crippen LogP) is 3.49. The number of aryl methyl sites for hydroxylation is 1. The summed E-state index contributed by atoms with van der Waals surface area (Å²) in [5, 5.41) is 3.04. The fourth-order valence-corrected chi connectivity index (χ4v) is 4.10. The Balaban J connectivity index is 1.51. The van der Waals surface area contributed by atoms with Crippen molar-refractivity contribution < 1.29 is 22.4 Å². The normalized spacial score (nSPS) is 22.3. The molecular formula is C20H27F4N3O. The molecule has 0 radical (unpaired) electrons. The average molecular weight is 401 g/mol. The van der Waals surface area contributed by atoms with Gasteiger partial charge in [0, 0.05) is 25.0 Å². The summed E-state index contributed by atoms with van der Waals surface area (Å²) in [6.45, 7) is 2.84. The molecule has 2 heterocycles. The van der Waals surface area contributed by atoms with E-state index in [1.807, 2.05) is 17.9 Å². The van der Waals surface area contributed by atoms with Gasteiger partial charge in [-0.3, -0.25) is 9.69 Å². The molecule has 2 aliphatic heterocycles. The summed E-state index contributed by atoms with van der Waals surface area (Å²) in [6, 6.07) is 4.93. The lowest BCUT2D eigenvalue weighted by atomic mass is 9.94. The van der Waals surface area contributed by atoms with Gasteiger partial charge in [-0.15, -0.1) is 0 Å². The van der Waals surface area contributed by atoms with Gasteiger partial charge in [-0.1, -0.05) is 6.07 Å². The van der Waals surface area contributed by atoms with Gasteiger partial charge in [0.15, 0.2) is 0 Å². The minimum Gasteiger partial charge on any atom is -0.367 e. The molecule has 28 heavy (non-hydrogen) atoms. The molecule has 2 fully saturated rings. The Labute approximate surface area is 162 Å². The number of nitrogens with zero attached hydrogens (tertiary/aromatic N) is 2. The van der Waals surface area contributed by atoms with E-state index < -0.39 is 12.7 Å². The Hall–Kier alpha value is -1.83. The van der Waals surface area contributed by atoms with Crippen molar-refractivity contribution in [2.45, 2.75) is 44.8 Å². The van der Waals surface area contributed by atoms with Crippen LogP contribution >= 0.6 is 0 Å². The number of carbonyl (C=O) groups excluding carboxylic acids is 1. The Kier molecular flexibility index (Phi) is 6.47. The van der Waals surface area contributed by atoms with Crippen LogP contribution in [0.2, 0.25) is 0 Å². The lowest BCUT2D eigenvalue weighted by molar-refractivity contribution is -0.149. The Bertz CT molecular complexity index is 687. The van der Waals surface area contributed by atoms with E-state index in [0.717, 1.165) is 24.9 Å². The predicted molar refractivity (Wildman–Crippen MR) is 99.7 cm³/mol. The maximum Gasteiger partial charge on any atom is 0.401 e. The summed E-state index contributed by atoms with van der Waals surface area (Å²) in [7, 11) is 0. The van der Waals surface area contributed by atoms with Crippen molar-refractivity contribution in [3.05, 3.63) is 29.6 Å². The van der Waals surface area contributed by atoms with Crippen LogP contribution in [0.3, 0.4) is 0 Å². The molecule has 1 aromatic carbocycles. The number of benzene rings is 1. The number of piperidine rings is 2. The van der Waals surface area contributed by atoms with E-state index in [1.165, 1.54) is 11.0 Å². The number of hydrogen-bond acceptors (Lipinski definition) is 3. The maximum atomic E-state index is 14.2. The van der Waals surface area contributed by atoms with Crippen molar-refractivity contribution in [3.63, 3.8) is 0 Å². The lowest BCUT2D eigenvalue weighted by Crippen LogP contribution is -2.51. The summed E-state index contributed by atoms with van der Waals surface area (Å²) in [5.74, 6) is -0.617. The average Bonchev–Trinajstić information content (AvgIpc) is 2.63. The largest absolute Gasteiger partial charge is 0.401 e. The molecule has 0 aliphatic carbocycles. The third-order valence-corrected chi connectivity index (χ3v) is 5.57. The van der Waals surface area contributed by atoms with E-state index in [1.54, 1.807) is 6.07 Å². The highest BCUT2D eigenvalue weighted by Crippen LogP contribution is 2.26. The zero-order chi connectivity index (χ0) is 20.3. The zero-order valence-corrected chi connectivity index (χ0v) is 16.1. The van der Waals surface area contributed by atoms with Crippen molar-refractivity contribution in [1.82, 2.24) is 10.2 Å². The number of alkyl halides is 3. The summed E-state index contributed by atoms with van der Waals surface area (Å²) < 4.78 is 51.6. The quantitative estimate of drug-likeness (QED) is 0.785. The molecule has 4 nitrogen and oxygen atoms in total. The first-order valence-electron chi connectivity index (χ1n) is 9.82. The number of halogens is 4. The number of likely N-dealkylation sites (tertiary alicyclic amines) is 1. The number of amides is 1. The van der Waals surface area contributed by atoms with Gasteiger partial charge in [0.25, 0.3) is 0 Å². The first kappa shape index (κ1) is 20.9. The van der Waals surface area contributed by atoms with Crippen LogP contribution in [0.25, 0.3) is 0 Å². The van der Waals surface area contributed by atoms with Crippen molar-refractivity contribution in [2.75, 3.05) is 37.6 Å². The molecule has 0 aromatic heterocycles. The second-order valence-corrected chi connectivity index (χ2v) is 7.91. The standard InChI is InChI=1S/C20H27F4N3O/c1-14-4-5-17(21)18(11-14)27-8-2-3-16(12-27)25-19(28)15-6-9-26(10-7-15)13-20(22,23)24/h4-5,11,15-16H,2-3,6-10,12-13H2,1H3,(H,25,28). The van der Waals surface area contributed by atoms with Gasteiger partial charge >= 0.3 is 6.18 Å². The molecule has 1 atom stereocenters. The van der Waals surface area contributed by atoms with Crippen LogP contribution in [0, 0.1) is 18.7 Å². The van der Waals surface area contributed by atoms with Crippen molar-refractivity contribution in [2.24, 2.45) is 5.92 Å². The molecule has 2 saturated heterocycles. The molecule has 1 amide bonds. The Morgan fingerprint density at radius 3 is 2.57 bits per heavy atom. The minimum absolute atomic E-state index is 0.0747. The third-order valence-electron chi connectivity index (χ3n) is 5.57. The Morgan fingerprint density at radius 2 is 1.89 bits per heavy atom. The molecule has 2 aliphatic rings. The van der Waals surface area contributed by atoms with E-state index in [-0.39, 0.29) is 36.8 Å². The van der Waals surface area contributed by atoms with Gasteiger partial charge in [-0.05, 0) is 63.4 Å². The monoisotopic (exact) mass is 401 g/mol. The molecule has 156 valence electrons. The van der Waals surface area contributed by atoms with Crippen molar-refractivity contribution in [1.29, 1.82) is 0 Å². The highest BCUT2D eigenvalue weighted by Gasteiger charge is 2.34. The number of nitrogens with one attached hydrogen (secondary N) is 1. The summed E-state index contributed by atoms with van der Waals surface area (Å²) in [4.78, 5) is 15.9. The van der Waals surface area contributed by atoms with Gasteiger partial charge in [-0.2, -0.15) is 13.2 Å². The van der Waals surface area contributed by atoms with Gasteiger partial charge in [-0.25, -0.2) is 4.39 Å². The molecule has 0 bridgehead atoms. The summed E-state index contributed by atoms with van der Waals surface area (Å²) in [6.07, 6.45) is -1.66. The minimum atomic E-state index is -4.20. The molecular weight excluding hydrogens is 374 g/mol. The van der Waals surface area contributed by atoms with Crippen LogP contribution in [0.4, 0.5) is 23.2 Å². The summed E-state index contributed by atoms with van der Waals surface area (Å²) in [5.41, 5.74) is 1.53. The first-order chi connectivity index (χ1) is 13.2. The van der Waals surface area contributed by atoms with Crippen LogP contribution < -0.4 is 10.2 Å². The SMILES string of the molecule is Cc1ccc(F)c(N2CCCC(NC(=O)C3CCN(CC(F)(F)F)CC3)C2)c1. The van der Waals surface area contributed by atoms with Crippen LogP contribution in [0.15, 0.2) is 18.2 Å². The fraction of sp³-hybridized carbons (Fsp3) is 0.650. The molecule has 0 saturated carbocycles. The zero-order valence-electron chi connectivity index (χ0n) is 16.1. The molecule has 0 spiro atoms. The molecule has 8 heteroatoms. The van der Waals surface area contributed by atoms with Crippen LogP contribution in [0.1, 0.15) is 31.2 Å². The fourth-order valence-electron chi connectivity index (χ4n) is 4.10. The second kappa shape index (κ2) is 8.68. The molecule has 1 unspecified atom stereocenters. The van der Waals surface area contributed by atoms with Gasteiger partial charge in [0.2, 0.25) is 5.91 Å². The van der Waals surface area contributed by atoms with Crippen LogP contribution in [-0.2, 0) is 4.79 Å². The van der Waals surface area contributed by atoms with Crippen molar-refractivity contribution >= 4 is 11.6 Å². The molecule has 1 aromatic rings. The smallest absolute Gasteiger partial charge is 0.367 e. The van der Waals surface area contributed by atoms with Crippen LogP contribution in [-0.4, -0.2) is 55.7 Å². The maximum absolute atomic E-state index is 14.2. The molecule has 3 rings (SSSR count). The van der Waals surface area contributed by atoms with E-state index in [9.17, 15) is 22.4 Å². The van der Waals surface area contributed by atoms with E-state index >= 15 is 0 Å². The number of rotatable bonds is 4. The van der Waals surface area contributed by atoms with Gasteiger partial charge < -0.3 is 10.2 Å². The topological polar surface area (TPSA) is 35.6 Å². The Morgan fingerprint density at radius 1 is 1.18 bits per heavy atom. The third kappa shape index (κ3) is 5.59. The van der Waals surface area contributed by atoms with Gasteiger partial charge in [0.1, 0.15) is 5.82 Å². The number of hydrogen-bond donors (Lipinski definition) is 1. The molecule has 1 N–H and O–H groups in total. The van der Waals surface area contributed by atoms with Crippen LogP contribution in [0.5, 0.6) is 0 Å². The number of anilines is 1. The van der Waals surface area contributed by atoms with E-state index in [2.05, 4.69) is 5.32 Å². The first-order valence-corrected chi connectivity index (χ1v) is 9.82. The highest BCUT2D eigenvalue weighted by atomic mass is 19.4.